The van der Waals surface area contributed by atoms with Gasteiger partial charge in [-0.05, 0) is 18.4 Å². The van der Waals surface area contributed by atoms with Crippen molar-refractivity contribution >= 4 is 5.91 Å². The molecule has 1 amide bonds. The Bertz CT molecular complexity index is 624. The summed E-state index contributed by atoms with van der Waals surface area (Å²) < 4.78 is 5.81. The highest BCUT2D eigenvalue weighted by molar-refractivity contribution is 5.76. The Kier molecular flexibility index (Phi) is 5.27. The standard InChI is InChI=1S/C19H23N3O2/c1-2-3-12-19(21-22-19)13-11-17(23)20-18(16-10-7-14-24-16)15-8-5-4-6-9-15/h1,4-6,8-9,16,18H,3,7,10-14H2,(H,20,23). The predicted octanol–water partition coefficient (Wildman–Crippen LogP) is 3.38. The fraction of sp³-hybridized carbons (Fsp3) is 0.526. The number of hydrogen-bond acceptors (Lipinski definition) is 4. The first kappa shape index (κ1) is 16.7. The van der Waals surface area contributed by atoms with Crippen LogP contribution in [0.4, 0.5) is 0 Å². The summed E-state index contributed by atoms with van der Waals surface area (Å²) in [6, 6.07) is 9.92. The van der Waals surface area contributed by atoms with E-state index in [0.29, 0.717) is 19.3 Å². The van der Waals surface area contributed by atoms with Gasteiger partial charge in [-0.25, -0.2) is 0 Å². The smallest absolute Gasteiger partial charge is 0.220 e. The van der Waals surface area contributed by atoms with E-state index >= 15 is 0 Å². The molecule has 1 saturated heterocycles. The summed E-state index contributed by atoms with van der Waals surface area (Å²) >= 11 is 0. The Morgan fingerprint density at radius 1 is 1.38 bits per heavy atom. The summed E-state index contributed by atoms with van der Waals surface area (Å²) in [7, 11) is 0. The molecule has 1 fully saturated rings. The van der Waals surface area contributed by atoms with Gasteiger partial charge < -0.3 is 10.1 Å². The van der Waals surface area contributed by atoms with E-state index in [1.165, 1.54) is 0 Å². The molecule has 5 nitrogen and oxygen atoms in total. The molecule has 1 aromatic carbocycles. The first-order valence-corrected chi connectivity index (χ1v) is 8.56. The van der Waals surface area contributed by atoms with E-state index in [-0.39, 0.29) is 18.1 Å². The van der Waals surface area contributed by atoms with Gasteiger partial charge in [0.05, 0.1) is 12.1 Å². The summed E-state index contributed by atoms with van der Waals surface area (Å²) in [5.74, 6) is 2.62. The van der Waals surface area contributed by atoms with E-state index in [1.54, 1.807) is 0 Å². The van der Waals surface area contributed by atoms with Crippen molar-refractivity contribution in [3.8, 4) is 12.3 Å². The first-order valence-electron chi connectivity index (χ1n) is 8.56. The minimum atomic E-state index is -0.407. The number of carbonyl (C=O) groups is 1. The maximum atomic E-state index is 12.4. The van der Waals surface area contributed by atoms with Crippen molar-refractivity contribution in [1.82, 2.24) is 5.32 Å². The molecule has 0 bridgehead atoms. The molecule has 0 radical (unpaired) electrons. The fourth-order valence-electron chi connectivity index (χ4n) is 3.14. The molecule has 2 atom stereocenters. The van der Waals surface area contributed by atoms with E-state index in [0.717, 1.165) is 31.4 Å². The van der Waals surface area contributed by atoms with Crippen LogP contribution >= 0.6 is 0 Å². The van der Waals surface area contributed by atoms with Crippen molar-refractivity contribution in [3.05, 3.63) is 35.9 Å². The zero-order valence-corrected chi connectivity index (χ0v) is 13.8. The van der Waals surface area contributed by atoms with Crippen molar-refractivity contribution in [2.75, 3.05) is 6.61 Å². The van der Waals surface area contributed by atoms with Crippen LogP contribution < -0.4 is 5.32 Å². The van der Waals surface area contributed by atoms with Crippen LogP contribution in [0.15, 0.2) is 40.6 Å². The van der Waals surface area contributed by atoms with Gasteiger partial charge in [-0.3, -0.25) is 4.79 Å². The Hall–Kier alpha value is -2.19. The highest BCUT2D eigenvalue weighted by atomic mass is 16.5. The monoisotopic (exact) mass is 325 g/mol. The zero-order chi connectivity index (χ0) is 16.8. The summed E-state index contributed by atoms with van der Waals surface area (Å²) in [5.41, 5.74) is 0.677. The molecule has 3 rings (SSSR count). The van der Waals surface area contributed by atoms with E-state index < -0.39 is 5.66 Å². The lowest BCUT2D eigenvalue weighted by molar-refractivity contribution is -0.123. The molecule has 5 heteroatoms. The zero-order valence-electron chi connectivity index (χ0n) is 13.8. The van der Waals surface area contributed by atoms with Crippen molar-refractivity contribution in [2.45, 2.75) is 56.3 Å². The number of rotatable bonds is 8. The van der Waals surface area contributed by atoms with Gasteiger partial charge in [0.25, 0.3) is 0 Å². The van der Waals surface area contributed by atoms with Gasteiger partial charge in [-0.2, -0.15) is 10.2 Å². The number of hydrogen-bond donors (Lipinski definition) is 1. The molecule has 0 spiro atoms. The molecule has 0 saturated carbocycles. The van der Waals surface area contributed by atoms with Gasteiger partial charge in [0.2, 0.25) is 5.91 Å². The average molecular weight is 325 g/mol. The topological polar surface area (TPSA) is 63.0 Å². The molecule has 2 unspecified atom stereocenters. The first-order chi connectivity index (χ1) is 11.7. The van der Waals surface area contributed by atoms with Gasteiger partial charge in [0.1, 0.15) is 0 Å². The maximum absolute atomic E-state index is 12.4. The van der Waals surface area contributed by atoms with E-state index in [1.807, 2.05) is 30.3 Å². The number of nitrogens with zero attached hydrogens (tertiary/aromatic N) is 2. The minimum Gasteiger partial charge on any atom is -0.376 e. The lowest BCUT2D eigenvalue weighted by atomic mass is 9.98. The van der Waals surface area contributed by atoms with Gasteiger partial charge in [-0.1, -0.05) is 30.3 Å². The molecule has 2 aliphatic rings. The van der Waals surface area contributed by atoms with Gasteiger partial charge in [0, 0.05) is 32.3 Å². The van der Waals surface area contributed by atoms with Gasteiger partial charge in [0.15, 0.2) is 5.66 Å². The van der Waals surface area contributed by atoms with Crippen LogP contribution in [0.1, 0.15) is 50.1 Å². The lowest BCUT2D eigenvalue weighted by Crippen LogP contribution is -2.36. The number of ether oxygens (including phenoxy) is 1. The second kappa shape index (κ2) is 7.59. The summed E-state index contributed by atoms with van der Waals surface area (Å²) in [5, 5.41) is 11.3. The minimum absolute atomic E-state index is 0.0109. The van der Waals surface area contributed by atoms with Crippen molar-refractivity contribution < 1.29 is 9.53 Å². The van der Waals surface area contributed by atoms with Crippen LogP contribution in [0.25, 0.3) is 0 Å². The average Bonchev–Trinajstić information content (AvgIpc) is 3.18. The lowest BCUT2D eigenvalue weighted by Gasteiger charge is -2.25. The molecule has 0 aromatic heterocycles. The van der Waals surface area contributed by atoms with Crippen LogP contribution in [0.5, 0.6) is 0 Å². The molecule has 24 heavy (non-hydrogen) atoms. The quantitative estimate of drug-likeness (QED) is 0.745. The molecule has 126 valence electrons. The van der Waals surface area contributed by atoms with Gasteiger partial charge in [-0.15, -0.1) is 12.3 Å². The third-order valence-electron chi connectivity index (χ3n) is 4.62. The molecule has 2 aliphatic heterocycles. The summed E-state index contributed by atoms with van der Waals surface area (Å²) in [6.07, 6.45) is 9.72. The van der Waals surface area contributed by atoms with Crippen molar-refractivity contribution in [2.24, 2.45) is 10.2 Å². The molecule has 0 aliphatic carbocycles. The maximum Gasteiger partial charge on any atom is 0.220 e. The number of carbonyl (C=O) groups excluding carboxylic acids is 1. The predicted molar refractivity (Wildman–Crippen MR) is 91.2 cm³/mol. The fourth-order valence-corrected chi connectivity index (χ4v) is 3.14. The largest absolute Gasteiger partial charge is 0.376 e. The summed E-state index contributed by atoms with van der Waals surface area (Å²) in [4.78, 5) is 12.4. The highest BCUT2D eigenvalue weighted by Crippen LogP contribution is 2.37. The van der Waals surface area contributed by atoms with Crippen molar-refractivity contribution in [1.29, 1.82) is 0 Å². The molecule has 1 N–H and O–H groups in total. The van der Waals surface area contributed by atoms with Gasteiger partial charge >= 0.3 is 0 Å². The molecule has 1 aromatic rings. The van der Waals surface area contributed by atoms with Crippen LogP contribution in [0.3, 0.4) is 0 Å². The van der Waals surface area contributed by atoms with E-state index in [4.69, 9.17) is 11.2 Å². The number of terminal acetylenes is 1. The van der Waals surface area contributed by atoms with Crippen LogP contribution in [-0.2, 0) is 9.53 Å². The third kappa shape index (κ3) is 4.21. The second-order valence-corrected chi connectivity index (χ2v) is 6.39. The molecule has 2 heterocycles. The normalized spacial score (nSPS) is 21.9. The number of nitrogens with one attached hydrogen (secondary N) is 1. The second-order valence-electron chi connectivity index (χ2n) is 6.39. The Labute approximate surface area is 142 Å². The van der Waals surface area contributed by atoms with Crippen molar-refractivity contribution in [3.63, 3.8) is 0 Å². The molecular weight excluding hydrogens is 302 g/mol. The molecular formula is C19H23N3O2. The van der Waals surface area contributed by atoms with Crippen LogP contribution in [0, 0.1) is 12.3 Å². The van der Waals surface area contributed by atoms with Crippen LogP contribution in [0.2, 0.25) is 0 Å². The Balaban J connectivity index is 1.56. The Morgan fingerprint density at radius 2 is 2.17 bits per heavy atom. The number of benzene rings is 1. The SMILES string of the molecule is C#CCCC1(CCC(=O)NC(c2ccccc2)C2CCCO2)N=N1. The third-order valence-corrected chi connectivity index (χ3v) is 4.62. The van der Waals surface area contributed by atoms with E-state index in [2.05, 4.69) is 21.5 Å². The Morgan fingerprint density at radius 3 is 2.79 bits per heavy atom. The number of amides is 1. The van der Waals surface area contributed by atoms with Crippen LogP contribution in [-0.4, -0.2) is 24.3 Å². The highest BCUT2D eigenvalue weighted by Gasteiger charge is 2.39. The summed E-state index contributed by atoms with van der Waals surface area (Å²) in [6.45, 7) is 0.761. The van der Waals surface area contributed by atoms with E-state index in [9.17, 15) is 4.79 Å².